The Kier molecular flexibility index (Phi) is 5.59. The lowest BCUT2D eigenvalue weighted by Gasteiger charge is -2.16. The van der Waals surface area contributed by atoms with Crippen LogP contribution in [0, 0.1) is 0 Å². The third-order valence-electron chi connectivity index (χ3n) is 4.78. The van der Waals surface area contributed by atoms with Gasteiger partial charge in [0, 0.05) is 12.1 Å². The second kappa shape index (κ2) is 8.06. The van der Waals surface area contributed by atoms with Crippen molar-refractivity contribution in [1.82, 2.24) is 5.32 Å². The van der Waals surface area contributed by atoms with Crippen molar-refractivity contribution in [3.63, 3.8) is 0 Å². The largest absolute Gasteiger partial charge is 0.497 e. The highest BCUT2D eigenvalue weighted by Crippen LogP contribution is 2.24. The fourth-order valence-corrected chi connectivity index (χ4v) is 3.36. The number of hydrogen-bond donors (Lipinski definition) is 1. The molecule has 0 saturated heterocycles. The maximum absolute atomic E-state index is 12.4. The van der Waals surface area contributed by atoms with E-state index in [1.165, 1.54) is 24.0 Å². The van der Waals surface area contributed by atoms with Crippen molar-refractivity contribution in [1.29, 1.82) is 0 Å². The molecule has 3 rings (SSSR count). The molecular formula is C21H25NO3. The first-order chi connectivity index (χ1) is 12.2. The summed E-state index contributed by atoms with van der Waals surface area (Å²) in [5, 5.41) is 3.01. The molecule has 25 heavy (non-hydrogen) atoms. The van der Waals surface area contributed by atoms with E-state index in [-0.39, 0.29) is 5.91 Å². The van der Waals surface area contributed by atoms with Crippen molar-refractivity contribution in [3.8, 4) is 11.5 Å². The molecular weight excluding hydrogens is 314 g/mol. The van der Waals surface area contributed by atoms with E-state index in [1.54, 1.807) is 14.2 Å². The van der Waals surface area contributed by atoms with Crippen LogP contribution < -0.4 is 14.8 Å². The first-order valence-corrected chi connectivity index (χ1v) is 8.82. The van der Waals surface area contributed by atoms with Gasteiger partial charge in [0.2, 0.25) is 0 Å². The predicted molar refractivity (Wildman–Crippen MR) is 98.7 cm³/mol. The van der Waals surface area contributed by atoms with Crippen LogP contribution in [0.1, 0.15) is 39.9 Å². The number of nitrogens with one attached hydrogen (secondary N) is 1. The molecule has 1 aliphatic rings. The summed E-state index contributed by atoms with van der Waals surface area (Å²) in [6.07, 6.45) is 5.37. The van der Waals surface area contributed by atoms with Crippen LogP contribution in [-0.2, 0) is 19.3 Å². The monoisotopic (exact) mass is 339 g/mol. The third kappa shape index (κ3) is 4.13. The van der Waals surface area contributed by atoms with E-state index in [0.717, 1.165) is 35.5 Å². The topological polar surface area (TPSA) is 47.6 Å². The summed E-state index contributed by atoms with van der Waals surface area (Å²) >= 11 is 0. The molecule has 0 aliphatic heterocycles. The Morgan fingerprint density at radius 1 is 1.00 bits per heavy atom. The molecule has 0 bridgehead atoms. The zero-order chi connectivity index (χ0) is 17.6. The number of benzene rings is 2. The van der Waals surface area contributed by atoms with Crippen molar-refractivity contribution < 1.29 is 14.3 Å². The number of carbonyl (C=O) groups excluding carboxylic acids is 1. The van der Waals surface area contributed by atoms with Crippen molar-refractivity contribution in [2.24, 2.45) is 0 Å². The number of rotatable bonds is 6. The standard InChI is InChI=1S/C21H25NO3/c1-24-19-9-10-20(25-2)17(14-19)11-12-22-21(23)18-8-7-15-5-3-4-6-16(15)13-18/h7-10,13-14H,3-6,11-12H2,1-2H3,(H,22,23). The van der Waals surface area contributed by atoms with Crippen LogP contribution in [-0.4, -0.2) is 26.7 Å². The normalized spacial score (nSPS) is 13.0. The summed E-state index contributed by atoms with van der Waals surface area (Å²) in [7, 11) is 3.29. The van der Waals surface area contributed by atoms with Crippen molar-refractivity contribution in [2.75, 3.05) is 20.8 Å². The van der Waals surface area contributed by atoms with Crippen molar-refractivity contribution in [3.05, 3.63) is 58.7 Å². The van der Waals surface area contributed by atoms with Gasteiger partial charge in [0.15, 0.2) is 0 Å². The molecule has 132 valence electrons. The number of methoxy groups -OCH3 is 2. The Morgan fingerprint density at radius 2 is 1.80 bits per heavy atom. The molecule has 0 atom stereocenters. The minimum absolute atomic E-state index is 0.0183. The first kappa shape index (κ1) is 17.3. The van der Waals surface area contributed by atoms with Crippen molar-refractivity contribution in [2.45, 2.75) is 32.1 Å². The molecule has 1 aliphatic carbocycles. The molecule has 0 fully saturated rings. The smallest absolute Gasteiger partial charge is 0.251 e. The van der Waals surface area contributed by atoms with Crippen LogP contribution in [0.2, 0.25) is 0 Å². The van der Waals surface area contributed by atoms with E-state index in [1.807, 2.05) is 24.3 Å². The van der Waals surface area contributed by atoms with Crippen LogP contribution in [0.5, 0.6) is 11.5 Å². The van der Waals surface area contributed by atoms with E-state index in [2.05, 4.69) is 17.4 Å². The van der Waals surface area contributed by atoms with Gasteiger partial charge in [-0.05, 0) is 79.1 Å². The van der Waals surface area contributed by atoms with E-state index in [9.17, 15) is 4.79 Å². The molecule has 0 aromatic heterocycles. The lowest BCUT2D eigenvalue weighted by molar-refractivity contribution is 0.0954. The van der Waals surface area contributed by atoms with Crippen LogP contribution in [0.3, 0.4) is 0 Å². The molecule has 4 nitrogen and oxygen atoms in total. The summed E-state index contributed by atoms with van der Waals surface area (Å²) in [6, 6.07) is 11.8. The minimum Gasteiger partial charge on any atom is -0.497 e. The minimum atomic E-state index is -0.0183. The van der Waals surface area contributed by atoms with Crippen LogP contribution >= 0.6 is 0 Å². The van der Waals surface area contributed by atoms with Gasteiger partial charge < -0.3 is 14.8 Å². The second-order valence-electron chi connectivity index (χ2n) is 6.37. The second-order valence-corrected chi connectivity index (χ2v) is 6.37. The van der Waals surface area contributed by atoms with Gasteiger partial charge >= 0.3 is 0 Å². The van der Waals surface area contributed by atoms with Gasteiger partial charge in [-0.15, -0.1) is 0 Å². The van der Waals surface area contributed by atoms with Gasteiger partial charge in [-0.25, -0.2) is 0 Å². The number of fused-ring (bicyclic) bond motifs is 1. The quantitative estimate of drug-likeness (QED) is 0.875. The molecule has 4 heteroatoms. The Morgan fingerprint density at radius 3 is 2.56 bits per heavy atom. The summed E-state index contributed by atoms with van der Waals surface area (Å²) in [4.78, 5) is 12.4. The predicted octanol–water partition coefficient (Wildman–Crippen LogP) is 3.56. The SMILES string of the molecule is COc1ccc(OC)c(CCNC(=O)c2ccc3c(c2)CCCC3)c1. The fourth-order valence-electron chi connectivity index (χ4n) is 3.36. The summed E-state index contributed by atoms with van der Waals surface area (Å²) < 4.78 is 10.6. The molecule has 0 spiro atoms. The molecule has 0 radical (unpaired) electrons. The highest BCUT2D eigenvalue weighted by Gasteiger charge is 2.13. The number of carbonyl (C=O) groups is 1. The zero-order valence-electron chi connectivity index (χ0n) is 14.9. The third-order valence-corrected chi connectivity index (χ3v) is 4.78. The van der Waals surface area contributed by atoms with Crippen LogP contribution in [0.4, 0.5) is 0 Å². The maximum atomic E-state index is 12.4. The lowest BCUT2D eigenvalue weighted by Crippen LogP contribution is -2.26. The number of aryl methyl sites for hydroxylation is 2. The Balaban J connectivity index is 1.61. The average Bonchev–Trinajstić information content (AvgIpc) is 2.67. The molecule has 1 amide bonds. The number of amides is 1. The summed E-state index contributed by atoms with van der Waals surface area (Å²) in [5.74, 6) is 1.58. The van der Waals surface area contributed by atoms with Gasteiger partial charge in [-0.3, -0.25) is 4.79 Å². The highest BCUT2D eigenvalue weighted by molar-refractivity contribution is 5.94. The van der Waals surface area contributed by atoms with E-state index in [0.29, 0.717) is 13.0 Å². The average molecular weight is 339 g/mol. The van der Waals surface area contributed by atoms with E-state index in [4.69, 9.17) is 9.47 Å². The van der Waals surface area contributed by atoms with Gasteiger partial charge in [-0.1, -0.05) is 6.07 Å². The molecule has 1 N–H and O–H groups in total. The zero-order valence-corrected chi connectivity index (χ0v) is 14.9. The Labute approximate surface area is 149 Å². The van der Waals surface area contributed by atoms with Gasteiger partial charge in [-0.2, -0.15) is 0 Å². The van der Waals surface area contributed by atoms with Crippen LogP contribution in [0.25, 0.3) is 0 Å². The van der Waals surface area contributed by atoms with E-state index < -0.39 is 0 Å². The summed E-state index contributed by atoms with van der Waals surface area (Å²) in [6.45, 7) is 0.555. The molecule has 2 aromatic carbocycles. The van der Waals surface area contributed by atoms with Gasteiger partial charge in [0.05, 0.1) is 14.2 Å². The molecule has 0 unspecified atom stereocenters. The first-order valence-electron chi connectivity index (χ1n) is 8.82. The van der Waals surface area contributed by atoms with Crippen LogP contribution in [0.15, 0.2) is 36.4 Å². The molecule has 2 aromatic rings. The van der Waals surface area contributed by atoms with E-state index >= 15 is 0 Å². The Bertz CT molecular complexity index is 755. The van der Waals surface area contributed by atoms with Crippen molar-refractivity contribution >= 4 is 5.91 Å². The number of hydrogen-bond acceptors (Lipinski definition) is 3. The number of ether oxygens (including phenoxy) is 2. The lowest BCUT2D eigenvalue weighted by atomic mass is 9.90. The molecule has 0 saturated carbocycles. The molecule has 0 heterocycles. The fraction of sp³-hybridized carbons (Fsp3) is 0.381. The highest BCUT2D eigenvalue weighted by atomic mass is 16.5. The van der Waals surface area contributed by atoms with Gasteiger partial charge in [0.25, 0.3) is 5.91 Å². The summed E-state index contributed by atoms with van der Waals surface area (Å²) in [5.41, 5.74) is 4.49. The van der Waals surface area contributed by atoms with Gasteiger partial charge in [0.1, 0.15) is 11.5 Å². The Hall–Kier alpha value is -2.49. The maximum Gasteiger partial charge on any atom is 0.251 e.